The Morgan fingerprint density at radius 2 is 1.27 bits per heavy atom. The van der Waals surface area contributed by atoms with E-state index in [2.05, 4.69) is 41.4 Å². The summed E-state index contributed by atoms with van der Waals surface area (Å²) < 4.78 is 13.5. The molecule has 0 aliphatic heterocycles. The smallest absolute Gasteiger partial charge is 0.162 e. The molecule has 0 radical (unpaired) electrons. The van der Waals surface area contributed by atoms with Crippen molar-refractivity contribution in [3.63, 3.8) is 0 Å². The molecule has 3 nitrogen and oxygen atoms in total. The normalized spacial score (nSPS) is 11.2. The minimum absolute atomic E-state index is 0.480. The average molecular weight is 450 g/mol. The summed E-state index contributed by atoms with van der Waals surface area (Å²) in [7, 11) is 0. The van der Waals surface area contributed by atoms with Crippen molar-refractivity contribution in [2.24, 2.45) is 0 Å². The van der Waals surface area contributed by atoms with Gasteiger partial charge in [0.15, 0.2) is 11.5 Å². The number of aromatic nitrogens is 1. The molecule has 0 fully saturated rings. The van der Waals surface area contributed by atoms with Crippen molar-refractivity contribution in [3.8, 4) is 11.5 Å². The SMILES string of the molecule is C(=Cc1nc2ccccc2s1)c1ccc(OCc2ccccc2)c(OCc2ccccc2)c1. The van der Waals surface area contributed by atoms with E-state index >= 15 is 0 Å². The quantitative estimate of drug-likeness (QED) is 0.244. The molecule has 33 heavy (non-hydrogen) atoms. The topological polar surface area (TPSA) is 31.4 Å². The Kier molecular flexibility index (Phi) is 6.46. The monoisotopic (exact) mass is 449 g/mol. The number of hydrogen-bond acceptors (Lipinski definition) is 4. The van der Waals surface area contributed by atoms with Gasteiger partial charge in [-0.05, 0) is 47.0 Å². The lowest BCUT2D eigenvalue weighted by Gasteiger charge is -2.14. The Morgan fingerprint density at radius 3 is 1.97 bits per heavy atom. The third-order valence-corrected chi connectivity index (χ3v) is 6.17. The van der Waals surface area contributed by atoms with E-state index in [1.807, 2.05) is 78.9 Å². The fraction of sp³-hybridized carbons (Fsp3) is 0.0690. The first kappa shape index (κ1) is 21.0. The Balaban J connectivity index is 1.37. The summed E-state index contributed by atoms with van der Waals surface area (Å²) in [6.45, 7) is 0.969. The molecule has 0 aliphatic rings. The molecule has 162 valence electrons. The standard InChI is InChI=1S/C29H23NO2S/c1-3-9-23(10-4-1)20-31-26-17-15-22(19-27(26)32-21-24-11-5-2-6-12-24)16-18-29-30-25-13-7-8-14-28(25)33-29/h1-19H,20-21H2. The van der Waals surface area contributed by atoms with E-state index in [0.717, 1.165) is 38.7 Å². The van der Waals surface area contributed by atoms with E-state index < -0.39 is 0 Å². The predicted octanol–water partition coefficient (Wildman–Crippen LogP) is 7.62. The van der Waals surface area contributed by atoms with Crippen LogP contribution in [0, 0.1) is 0 Å². The van der Waals surface area contributed by atoms with Gasteiger partial charge in [-0.1, -0.05) is 84.9 Å². The highest BCUT2D eigenvalue weighted by Gasteiger charge is 2.08. The molecule has 0 saturated carbocycles. The maximum Gasteiger partial charge on any atom is 0.162 e. The number of thiazole rings is 1. The van der Waals surface area contributed by atoms with Crippen LogP contribution in [0.25, 0.3) is 22.4 Å². The number of rotatable bonds is 8. The first-order chi connectivity index (χ1) is 16.3. The summed E-state index contributed by atoms with van der Waals surface area (Å²) in [5.74, 6) is 1.45. The minimum Gasteiger partial charge on any atom is -0.485 e. The molecule has 1 heterocycles. The van der Waals surface area contributed by atoms with Crippen LogP contribution in [0.5, 0.6) is 11.5 Å². The number of hydrogen-bond donors (Lipinski definition) is 0. The third kappa shape index (κ3) is 5.48. The first-order valence-corrected chi connectivity index (χ1v) is 11.7. The van der Waals surface area contributed by atoms with Gasteiger partial charge >= 0.3 is 0 Å². The fourth-order valence-corrected chi connectivity index (χ4v) is 4.33. The van der Waals surface area contributed by atoms with Crippen molar-refractivity contribution in [2.75, 3.05) is 0 Å². The largest absolute Gasteiger partial charge is 0.485 e. The zero-order chi connectivity index (χ0) is 22.3. The van der Waals surface area contributed by atoms with Gasteiger partial charge in [0.25, 0.3) is 0 Å². The average Bonchev–Trinajstić information content (AvgIpc) is 3.30. The van der Waals surface area contributed by atoms with Crippen molar-refractivity contribution in [1.82, 2.24) is 4.98 Å². The molecule has 0 N–H and O–H groups in total. The molecule has 4 aromatic carbocycles. The van der Waals surface area contributed by atoms with E-state index in [-0.39, 0.29) is 0 Å². The van der Waals surface area contributed by atoms with Gasteiger partial charge in [-0.3, -0.25) is 0 Å². The summed E-state index contributed by atoms with van der Waals surface area (Å²) >= 11 is 1.68. The number of nitrogens with zero attached hydrogens (tertiary/aromatic N) is 1. The van der Waals surface area contributed by atoms with Crippen LogP contribution in [0.4, 0.5) is 0 Å². The highest BCUT2D eigenvalue weighted by atomic mass is 32.1. The van der Waals surface area contributed by atoms with Crippen molar-refractivity contribution >= 4 is 33.7 Å². The summed E-state index contributed by atoms with van der Waals surface area (Å²) in [4.78, 5) is 4.68. The molecule has 0 saturated heterocycles. The van der Waals surface area contributed by atoms with E-state index in [9.17, 15) is 0 Å². The third-order valence-electron chi connectivity index (χ3n) is 5.17. The maximum atomic E-state index is 6.18. The number of benzene rings is 4. The molecule has 0 aliphatic carbocycles. The fourth-order valence-electron chi connectivity index (χ4n) is 3.46. The van der Waals surface area contributed by atoms with Crippen LogP contribution in [0.1, 0.15) is 21.7 Å². The van der Waals surface area contributed by atoms with Crippen molar-refractivity contribution in [2.45, 2.75) is 13.2 Å². The molecule has 0 atom stereocenters. The van der Waals surface area contributed by atoms with Crippen LogP contribution in [0.15, 0.2) is 103 Å². The first-order valence-electron chi connectivity index (χ1n) is 10.8. The highest BCUT2D eigenvalue weighted by Crippen LogP contribution is 2.31. The Bertz CT molecular complexity index is 1330. The van der Waals surface area contributed by atoms with Crippen LogP contribution in [-0.2, 0) is 13.2 Å². The number of ether oxygens (including phenoxy) is 2. The molecule has 0 bridgehead atoms. The van der Waals surface area contributed by atoms with Gasteiger partial charge < -0.3 is 9.47 Å². The summed E-state index contributed by atoms with van der Waals surface area (Å²) in [5.41, 5.74) is 4.29. The zero-order valence-electron chi connectivity index (χ0n) is 18.1. The maximum absolute atomic E-state index is 6.18. The van der Waals surface area contributed by atoms with Crippen molar-refractivity contribution in [3.05, 3.63) is 125 Å². The lowest BCUT2D eigenvalue weighted by Crippen LogP contribution is -2.00. The van der Waals surface area contributed by atoms with Crippen LogP contribution < -0.4 is 9.47 Å². The van der Waals surface area contributed by atoms with Gasteiger partial charge in [-0.25, -0.2) is 4.98 Å². The van der Waals surface area contributed by atoms with Gasteiger partial charge in [0.1, 0.15) is 18.2 Å². The summed E-state index contributed by atoms with van der Waals surface area (Å²) in [5, 5.41) is 0.979. The van der Waals surface area contributed by atoms with Crippen LogP contribution in [0.2, 0.25) is 0 Å². The molecule has 5 aromatic rings. The van der Waals surface area contributed by atoms with Crippen LogP contribution in [-0.4, -0.2) is 4.98 Å². The number of fused-ring (bicyclic) bond motifs is 1. The second-order valence-corrected chi connectivity index (χ2v) is 8.67. The molecule has 0 unspecified atom stereocenters. The molecule has 0 spiro atoms. The second kappa shape index (κ2) is 10.2. The summed E-state index contributed by atoms with van der Waals surface area (Å²) in [6, 6.07) is 34.5. The molecular formula is C29H23NO2S. The van der Waals surface area contributed by atoms with Gasteiger partial charge in [0.2, 0.25) is 0 Å². The number of para-hydroxylation sites is 1. The van der Waals surface area contributed by atoms with E-state index in [1.165, 1.54) is 4.70 Å². The Labute approximate surface area is 197 Å². The lowest BCUT2D eigenvalue weighted by molar-refractivity contribution is 0.256. The predicted molar refractivity (Wildman–Crippen MR) is 137 cm³/mol. The van der Waals surface area contributed by atoms with Gasteiger partial charge in [0.05, 0.1) is 10.2 Å². The van der Waals surface area contributed by atoms with Crippen LogP contribution in [0.3, 0.4) is 0 Å². The van der Waals surface area contributed by atoms with Gasteiger partial charge in [-0.15, -0.1) is 11.3 Å². The summed E-state index contributed by atoms with van der Waals surface area (Å²) in [6.07, 6.45) is 4.11. The van der Waals surface area contributed by atoms with E-state index in [1.54, 1.807) is 11.3 Å². The minimum atomic E-state index is 0.480. The molecule has 4 heteroatoms. The Hall–Kier alpha value is -3.89. The molecule has 5 rings (SSSR count). The van der Waals surface area contributed by atoms with E-state index in [0.29, 0.717) is 13.2 Å². The highest BCUT2D eigenvalue weighted by molar-refractivity contribution is 7.19. The lowest BCUT2D eigenvalue weighted by atomic mass is 10.2. The molecule has 1 aromatic heterocycles. The Morgan fingerprint density at radius 1 is 0.636 bits per heavy atom. The second-order valence-electron chi connectivity index (χ2n) is 7.61. The van der Waals surface area contributed by atoms with Crippen molar-refractivity contribution in [1.29, 1.82) is 0 Å². The van der Waals surface area contributed by atoms with Gasteiger partial charge in [0, 0.05) is 0 Å². The van der Waals surface area contributed by atoms with Gasteiger partial charge in [-0.2, -0.15) is 0 Å². The molecular weight excluding hydrogens is 426 g/mol. The van der Waals surface area contributed by atoms with Crippen molar-refractivity contribution < 1.29 is 9.47 Å². The van der Waals surface area contributed by atoms with E-state index in [4.69, 9.17) is 9.47 Å². The molecule has 0 amide bonds. The van der Waals surface area contributed by atoms with Crippen LogP contribution >= 0.6 is 11.3 Å². The zero-order valence-corrected chi connectivity index (χ0v) is 18.9.